The van der Waals surface area contributed by atoms with Gasteiger partial charge in [-0.15, -0.1) is 0 Å². The molecule has 8 heteroatoms. The van der Waals surface area contributed by atoms with Gasteiger partial charge in [0.05, 0.1) is 33.3 Å². The Hall–Kier alpha value is -3.04. The van der Waals surface area contributed by atoms with Crippen LogP contribution in [0.1, 0.15) is 12.5 Å². The van der Waals surface area contributed by atoms with Crippen molar-refractivity contribution < 1.29 is 4.79 Å². The quantitative estimate of drug-likeness (QED) is 0.186. The first kappa shape index (κ1) is 21.7. The van der Waals surface area contributed by atoms with Crippen LogP contribution in [-0.4, -0.2) is 12.1 Å². The van der Waals surface area contributed by atoms with Crippen molar-refractivity contribution in [2.45, 2.75) is 6.92 Å². The summed E-state index contributed by atoms with van der Waals surface area (Å²) in [6.07, 6.45) is 3.63. The van der Waals surface area contributed by atoms with Crippen LogP contribution >= 0.6 is 34.8 Å². The lowest BCUT2D eigenvalue weighted by Crippen LogP contribution is -2.22. The highest BCUT2D eigenvalue weighted by atomic mass is 35.5. The van der Waals surface area contributed by atoms with Crippen LogP contribution < -0.4 is 9.91 Å². The summed E-state index contributed by atoms with van der Waals surface area (Å²) in [7, 11) is 0. The van der Waals surface area contributed by atoms with Crippen LogP contribution in [0.3, 0.4) is 0 Å². The number of carbonyl (C=O) groups excluding carboxylic acids is 1. The number of carbonyl (C=O) groups is 1. The van der Waals surface area contributed by atoms with Gasteiger partial charge >= 0.3 is 0 Å². The third kappa shape index (κ3) is 4.92. The number of benzene rings is 3. The average Bonchev–Trinajstić information content (AvgIpc) is 2.72. The fourth-order valence-corrected chi connectivity index (χ4v) is 3.48. The molecule has 0 atom stereocenters. The van der Waals surface area contributed by atoms with E-state index >= 15 is 0 Å². The minimum Gasteiger partial charge on any atom is -0.273 e. The molecule has 3 aromatic rings. The molecule has 150 valence electrons. The fourth-order valence-electron chi connectivity index (χ4n) is 2.71. The first-order valence-electron chi connectivity index (χ1n) is 8.75. The van der Waals surface area contributed by atoms with Gasteiger partial charge in [-0.1, -0.05) is 65.1 Å². The highest BCUT2D eigenvalue weighted by molar-refractivity contribution is 6.40. The third-order valence-electron chi connectivity index (χ3n) is 4.07. The van der Waals surface area contributed by atoms with E-state index in [0.29, 0.717) is 22.1 Å². The van der Waals surface area contributed by atoms with Gasteiger partial charge in [0.25, 0.3) is 0 Å². The summed E-state index contributed by atoms with van der Waals surface area (Å²) in [4.78, 5) is 13.5. The van der Waals surface area contributed by atoms with Gasteiger partial charge in [-0.3, -0.25) is 4.79 Å². The largest absolute Gasteiger partial charge is 0.273 e. The van der Waals surface area contributed by atoms with Gasteiger partial charge in [0.15, 0.2) is 6.19 Å². The van der Waals surface area contributed by atoms with E-state index in [1.54, 1.807) is 30.5 Å². The molecule has 0 saturated heterocycles. The molecule has 0 N–H and O–H groups in total. The molecule has 0 unspecified atom stereocenters. The highest BCUT2D eigenvalue weighted by Gasteiger charge is 2.20. The van der Waals surface area contributed by atoms with Gasteiger partial charge in [0.1, 0.15) is 0 Å². The number of nitrogens with zero attached hydrogens (tertiary/aromatic N) is 4. The zero-order valence-corrected chi connectivity index (χ0v) is 18.0. The zero-order valence-electron chi connectivity index (χ0n) is 15.8. The van der Waals surface area contributed by atoms with Crippen LogP contribution in [0.25, 0.3) is 0 Å². The average molecular weight is 458 g/mol. The molecule has 0 aliphatic rings. The van der Waals surface area contributed by atoms with Crippen molar-refractivity contribution in [3.05, 3.63) is 87.4 Å². The molecule has 0 aliphatic carbocycles. The maximum absolute atomic E-state index is 12.2. The Morgan fingerprint density at radius 2 is 1.57 bits per heavy atom. The van der Waals surface area contributed by atoms with Crippen molar-refractivity contribution in [2.75, 3.05) is 9.91 Å². The van der Waals surface area contributed by atoms with E-state index < -0.39 is 0 Å². The van der Waals surface area contributed by atoms with Crippen molar-refractivity contribution in [3.8, 4) is 6.19 Å². The van der Waals surface area contributed by atoms with Crippen LogP contribution in [0, 0.1) is 11.5 Å². The number of hydrogen-bond acceptors (Lipinski definition) is 4. The van der Waals surface area contributed by atoms with E-state index in [1.807, 2.05) is 30.3 Å². The van der Waals surface area contributed by atoms with Crippen molar-refractivity contribution in [1.29, 1.82) is 5.26 Å². The van der Waals surface area contributed by atoms with Gasteiger partial charge in [-0.05, 0) is 42.0 Å². The molecular weight excluding hydrogens is 443 g/mol. The van der Waals surface area contributed by atoms with E-state index in [1.165, 1.54) is 29.0 Å². The summed E-state index contributed by atoms with van der Waals surface area (Å²) in [5.41, 5.74) is 2.05. The Bertz CT molecular complexity index is 1100. The van der Waals surface area contributed by atoms with Crippen LogP contribution in [0.2, 0.25) is 15.1 Å². The monoisotopic (exact) mass is 456 g/mol. The molecule has 3 rings (SSSR count). The first-order valence-corrected chi connectivity index (χ1v) is 9.88. The van der Waals surface area contributed by atoms with Crippen molar-refractivity contribution >= 4 is 64.0 Å². The lowest BCUT2D eigenvalue weighted by atomic mass is 10.2. The SMILES string of the molecule is CC(=O)N(N=Cc1ccccc1)c1cc(Cl)c(N(C#N)c2ccc(Cl)cc2)c(Cl)c1. The van der Waals surface area contributed by atoms with Gasteiger partial charge < -0.3 is 0 Å². The van der Waals surface area contributed by atoms with E-state index in [4.69, 9.17) is 34.8 Å². The molecule has 30 heavy (non-hydrogen) atoms. The molecule has 3 aromatic carbocycles. The Kier molecular flexibility index (Phi) is 6.96. The number of nitriles is 1. The summed E-state index contributed by atoms with van der Waals surface area (Å²) >= 11 is 18.8. The van der Waals surface area contributed by atoms with Crippen LogP contribution in [0.15, 0.2) is 71.8 Å². The highest BCUT2D eigenvalue weighted by Crippen LogP contribution is 2.41. The van der Waals surface area contributed by atoms with E-state index in [0.717, 1.165) is 5.56 Å². The Morgan fingerprint density at radius 1 is 0.967 bits per heavy atom. The lowest BCUT2D eigenvalue weighted by Gasteiger charge is -2.21. The van der Waals surface area contributed by atoms with Crippen LogP contribution in [-0.2, 0) is 4.79 Å². The summed E-state index contributed by atoms with van der Waals surface area (Å²) in [6, 6.07) is 19.1. The van der Waals surface area contributed by atoms with E-state index in [9.17, 15) is 10.1 Å². The summed E-state index contributed by atoms with van der Waals surface area (Å²) in [6.45, 7) is 1.38. The molecule has 0 bridgehead atoms. The van der Waals surface area contributed by atoms with Crippen LogP contribution in [0.5, 0.6) is 0 Å². The van der Waals surface area contributed by atoms with E-state index in [2.05, 4.69) is 11.3 Å². The maximum atomic E-state index is 12.2. The molecule has 1 amide bonds. The van der Waals surface area contributed by atoms with Gasteiger partial charge in [-0.25, -0.2) is 9.91 Å². The molecule has 0 aromatic heterocycles. The Balaban J connectivity index is 1.99. The molecule has 0 spiro atoms. The van der Waals surface area contributed by atoms with E-state index in [-0.39, 0.29) is 16.0 Å². The number of amides is 1. The third-order valence-corrected chi connectivity index (χ3v) is 4.90. The molecule has 0 fully saturated rings. The number of hydrogen-bond donors (Lipinski definition) is 0. The lowest BCUT2D eigenvalue weighted by molar-refractivity contribution is -0.116. The second kappa shape index (κ2) is 9.64. The smallest absolute Gasteiger partial charge is 0.244 e. The predicted molar refractivity (Wildman–Crippen MR) is 123 cm³/mol. The number of hydrazone groups is 1. The molecular formula is C22H15Cl3N4O. The fraction of sp³-hybridized carbons (Fsp3) is 0.0455. The van der Waals surface area contributed by atoms with Crippen molar-refractivity contribution in [2.24, 2.45) is 5.10 Å². The maximum Gasteiger partial charge on any atom is 0.244 e. The Morgan fingerprint density at radius 3 is 2.10 bits per heavy atom. The topological polar surface area (TPSA) is 59.7 Å². The number of anilines is 3. The van der Waals surface area contributed by atoms with Crippen molar-refractivity contribution in [1.82, 2.24) is 0 Å². The molecule has 0 heterocycles. The minimum atomic E-state index is -0.322. The second-order valence-corrected chi connectivity index (χ2v) is 7.41. The van der Waals surface area contributed by atoms with Gasteiger partial charge in [0, 0.05) is 11.9 Å². The molecule has 0 saturated carbocycles. The standard InChI is InChI=1S/C22H15Cl3N4O/c1-15(30)29(27-13-16-5-3-2-4-6-16)19-11-20(24)22(21(25)12-19)28(14-26)18-9-7-17(23)8-10-18/h2-13H,1H3. The second-order valence-electron chi connectivity index (χ2n) is 6.16. The zero-order chi connectivity index (χ0) is 21.7. The molecule has 0 aliphatic heterocycles. The number of halogens is 3. The molecule has 0 radical (unpaired) electrons. The Labute approximate surface area is 189 Å². The summed E-state index contributed by atoms with van der Waals surface area (Å²) in [5, 5.41) is 16.0. The minimum absolute atomic E-state index is 0.190. The van der Waals surface area contributed by atoms with Gasteiger partial charge in [-0.2, -0.15) is 10.4 Å². The molecule has 5 nitrogen and oxygen atoms in total. The summed E-state index contributed by atoms with van der Waals surface area (Å²) < 4.78 is 0. The normalized spacial score (nSPS) is 10.6. The summed E-state index contributed by atoms with van der Waals surface area (Å²) in [5.74, 6) is -0.322. The van der Waals surface area contributed by atoms with Crippen LogP contribution in [0.4, 0.5) is 17.1 Å². The first-order chi connectivity index (χ1) is 14.4. The van der Waals surface area contributed by atoms with Gasteiger partial charge in [0.2, 0.25) is 5.91 Å². The van der Waals surface area contributed by atoms with Crippen molar-refractivity contribution in [3.63, 3.8) is 0 Å². The predicted octanol–water partition coefficient (Wildman–Crippen LogP) is 6.65. The number of rotatable bonds is 5.